The van der Waals surface area contributed by atoms with Crippen molar-refractivity contribution in [2.75, 3.05) is 18.2 Å². The van der Waals surface area contributed by atoms with Gasteiger partial charge >= 0.3 is 0 Å². The lowest BCUT2D eigenvalue weighted by molar-refractivity contribution is 1.17. The molecular weight excluding hydrogens is 284 g/mol. The number of thiocarbonyl (C=S) groups is 1. The highest BCUT2D eigenvalue weighted by Crippen LogP contribution is 2.34. The van der Waals surface area contributed by atoms with Crippen LogP contribution in [-0.2, 0) is 0 Å². The second-order valence-corrected chi connectivity index (χ2v) is 5.85. The fraction of sp³-hybridized carbons (Fsp3) is 0.188. The summed E-state index contributed by atoms with van der Waals surface area (Å²) in [6, 6.07) is 14.4. The van der Waals surface area contributed by atoms with Crippen molar-refractivity contribution in [3.63, 3.8) is 0 Å². The molecule has 0 aliphatic rings. The molecule has 0 saturated carbocycles. The standard InChI is InChI=1S/C16H18N2S2/c1-11-7-4-5-8-12(11)18(2)13-9-6-10-14(20-3)15(13)16(17)19/h4-10H,1-3H3,(H2,17,19). The maximum absolute atomic E-state index is 5.94. The maximum Gasteiger partial charge on any atom is 0.107 e. The van der Waals surface area contributed by atoms with Crippen molar-refractivity contribution >= 4 is 40.3 Å². The molecule has 0 radical (unpaired) electrons. The third-order valence-corrected chi connectivity index (χ3v) is 4.29. The summed E-state index contributed by atoms with van der Waals surface area (Å²) in [5, 5.41) is 0. The Hall–Kier alpha value is -1.52. The smallest absolute Gasteiger partial charge is 0.107 e. The number of hydrogen-bond donors (Lipinski definition) is 1. The van der Waals surface area contributed by atoms with E-state index in [4.69, 9.17) is 18.0 Å². The lowest BCUT2D eigenvalue weighted by atomic mass is 10.1. The first-order valence-corrected chi connectivity index (χ1v) is 7.95. The number of nitrogens with zero attached hydrogens (tertiary/aromatic N) is 1. The summed E-state index contributed by atoms with van der Waals surface area (Å²) < 4.78 is 0. The molecule has 0 aromatic heterocycles. The summed E-state index contributed by atoms with van der Waals surface area (Å²) in [6.45, 7) is 2.10. The van der Waals surface area contributed by atoms with E-state index in [0.717, 1.165) is 21.8 Å². The predicted molar refractivity (Wildman–Crippen MR) is 93.4 cm³/mol. The van der Waals surface area contributed by atoms with E-state index in [1.807, 2.05) is 37.6 Å². The Morgan fingerprint density at radius 3 is 2.35 bits per heavy atom. The number of benzene rings is 2. The van der Waals surface area contributed by atoms with Crippen molar-refractivity contribution in [1.82, 2.24) is 0 Å². The van der Waals surface area contributed by atoms with Gasteiger partial charge in [0, 0.05) is 23.2 Å². The molecule has 20 heavy (non-hydrogen) atoms. The number of anilines is 2. The largest absolute Gasteiger partial charge is 0.389 e. The van der Waals surface area contributed by atoms with Gasteiger partial charge in [0.15, 0.2) is 0 Å². The van der Waals surface area contributed by atoms with E-state index in [2.05, 4.69) is 30.0 Å². The van der Waals surface area contributed by atoms with E-state index >= 15 is 0 Å². The molecule has 0 bridgehead atoms. The van der Waals surface area contributed by atoms with Crippen LogP contribution in [0.15, 0.2) is 47.4 Å². The van der Waals surface area contributed by atoms with Crippen molar-refractivity contribution in [1.29, 1.82) is 0 Å². The van der Waals surface area contributed by atoms with E-state index < -0.39 is 0 Å². The molecule has 0 heterocycles. The van der Waals surface area contributed by atoms with Crippen LogP contribution in [0.2, 0.25) is 0 Å². The minimum absolute atomic E-state index is 0.436. The zero-order chi connectivity index (χ0) is 14.7. The average Bonchev–Trinajstić information content (AvgIpc) is 2.46. The van der Waals surface area contributed by atoms with Crippen molar-refractivity contribution in [2.24, 2.45) is 5.73 Å². The molecule has 2 nitrogen and oxygen atoms in total. The van der Waals surface area contributed by atoms with Gasteiger partial charge in [-0.25, -0.2) is 0 Å². The molecule has 0 unspecified atom stereocenters. The van der Waals surface area contributed by atoms with Crippen LogP contribution >= 0.6 is 24.0 Å². The van der Waals surface area contributed by atoms with Crippen LogP contribution in [0.4, 0.5) is 11.4 Å². The van der Waals surface area contributed by atoms with Crippen LogP contribution in [0.5, 0.6) is 0 Å². The summed E-state index contributed by atoms with van der Waals surface area (Å²) >= 11 is 6.90. The van der Waals surface area contributed by atoms with Gasteiger partial charge in [0.05, 0.1) is 5.69 Å². The van der Waals surface area contributed by atoms with Crippen LogP contribution in [0.3, 0.4) is 0 Å². The van der Waals surface area contributed by atoms with Crippen LogP contribution in [0.1, 0.15) is 11.1 Å². The Morgan fingerprint density at radius 1 is 1.10 bits per heavy atom. The molecule has 104 valence electrons. The zero-order valence-electron chi connectivity index (χ0n) is 11.9. The maximum atomic E-state index is 5.94. The molecule has 2 N–H and O–H groups in total. The highest BCUT2D eigenvalue weighted by molar-refractivity contribution is 7.98. The number of nitrogens with two attached hydrogens (primary N) is 1. The first-order valence-electron chi connectivity index (χ1n) is 6.32. The third kappa shape index (κ3) is 2.81. The summed E-state index contributed by atoms with van der Waals surface area (Å²) in [5.41, 5.74) is 10.3. The van der Waals surface area contributed by atoms with Gasteiger partial charge in [-0.1, -0.05) is 36.5 Å². The molecule has 2 rings (SSSR count). The quantitative estimate of drug-likeness (QED) is 0.679. The minimum atomic E-state index is 0.436. The number of thioether (sulfide) groups is 1. The molecule has 4 heteroatoms. The molecule has 2 aromatic rings. The molecule has 0 aliphatic heterocycles. The van der Waals surface area contributed by atoms with Gasteiger partial charge in [-0.3, -0.25) is 0 Å². The monoisotopic (exact) mass is 302 g/mol. The van der Waals surface area contributed by atoms with Crippen LogP contribution in [0, 0.1) is 6.92 Å². The normalized spacial score (nSPS) is 10.3. The predicted octanol–water partition coefficient (Wildman–Crippen LogP) is 4.12. The van der Waals surface area contributed by atoms with Gasteiger partial charge in [0.1, 0.15) is 4.99 Å². The molecule has 0 fully saturated rings. The van der Waals surface area contributed by atoms with Crippen molar-refractivity contribution in [3.05, 3.63) is 53.6 Å². The van der Waals surface area contributed by atoms with E-state index in [1.54, 1.807) is 11.8 Å². The molecule has 0 aliphatic carbocycles. The summed E-state index contributed by atoms with van der Waals surface area (Å²) in [5.74, 6) is 0. The highest BCUT2D eigenvalue weighted by Gasteiger charge is 2.15. The van der Waals surface area contributed by atoms with E-state index in [9.17, 15) is 0 Å². The molecule has 0 atom stereocenters. The fourth-order valence-corrected chi connectivity index (χ4v) is 3.20. The van der Waals surface area contributed by atoms with Crippen LogP contribution < -0.4 is 10.6 Å². The Labute approximate surface area is 130 Å². The molecule has 0 amide bonds. The summed E-state index contributed by atoms with van der Waals surface area (Å²) in [4.78, 5) is 3.68. The second-order valence-electron chi connectivity index (χ2n) is 4.56. The first kappa shape index (κ1) is 14.9. The number of rotatable bonds is 4. The summed E-state index contributed by atoms with van der Waals surface area (Å²) in [6.07, 6.45) is 2.04. The molecule has 0 saturated heterocycles. The van der Waals surface area contributed by atoms with Crippen molar-refractivity contribution in [2.45, 2.75) is 11.8 Å². The van der Waals surface area contributed by atoms with E-state index in [0.29, 0.717) is 4.99 Å². The van der Waals surface area contributed by atoms with Crippen LogP contribution in [0.25, 0.3) is 0 Å². The Kier molecular flexibility index (Phi) is 4.68. The van der Waals surface area contributed by atoms with Gasteiger partial charge in [-0.15, -0.1) is 11.8 Å². The number of hydrogen-bond acceptors (Lipinski definition) is 3. The van der Waals surface area contributed by atoms with E-state index in [-0.39, 0.29) is 0 Å². The Bertz CT molecular complexity index is 638. The highest BCUT2D eigenvalue weighted by atomic mass is 32.2. The van der Waals surface area contributed by atoms with Crippen molar-refractivity contribution in [3.8, 4) is 0 Å². The van der Waals surface area contributed by atoms with Crippen molar-refractivity contribution < 1.29 is 0 Å². The third-order valence-electron chi connectivity index (χ3n) is 3.31. The average molecular weight is 302 g/mol. The topological polar surface area (TPSA) is 29.3 Å². The van der Waals surface area contributed by atoms with E-state index in [1.165, 1.54) is 5.56 Å². The van der Waals surface area contributed by atoms with Gasteiger partial charge in [0.2, 0.25) is 0 Å². The fourth-order valence-electron chi connectivity index (χ4n) is 2.29. The lowest BCUT2D eigenvalue weighted by Gasteiger charge is -2.25. The molecule has 0 spiro atoms. The second kappa shape index (κ2) is 6.29. The Balaban J connectivity index is 2.58. The zero-order valence-corrected chi connectivity index (χ0v) is 13.5. The summed E-state index contributed by atoms with van der Waals surface area (Å²) in [7, 11) is 2.05. The molecular formula is C16H18N2S2. The number of para-hydroxylation sites is 1. The van der Waals surface area contributed by atoms with Gasteiger partial charge in [-0.05, 0) is 36.9 Å². The SMILES string of the molecule is CSc1cccc(N(C)c2ccccc2C)c1C(N)=S. The molecule has 2 aromatic carbocycles. The van der Waals surface area contributed by atoms with Gasteiger partial charge in [0.25, 0.3) is 0 Å². The van der Waals surface area contributed by atoms with Gasteiger partial charge in [-0.2, -0.15) is 0 Å². The van der Waals surface area contributed by atoms with Crippen LogP contribution in [-0.4, -0.2) is 18.3 Å². The minimum Gasteiger partial charge on any atom is -0.389 e. The Morgan fingerprint density at radius 2 is 1.75 bits per heavy atom. The van der Waals surface area contributed by atoms with Gasteiger partial charge < -0.3 is 10.6 Å². The lowest BCUT2D eigenvalue weighted by Crippen LogP contribution is -2.19. The number of aryl methyl sites for hydroxylation is 1. The first-order chi connectivity index (χ1) is 9.56.